The highest BCUT2D eigenvalue weighted by Gasteiger charge is 2.19. The summed E-state index contributed by atoms with van der Waals surface area (Å²) < 4.78 is 0. The summed E-state index contributed by atoms with van der Waals surface area (Å²) in [6.07, 6.45) is 3.55. The molecule has 1 saturated carbocycles. The van der Waals surface area contributed by atoms with Crippen molar-refractivity contribution in [1.29, 1.82) is 0 Å². The lowest BCUT2D eigenvalue weighted by molar-refractivity contribution is -0.111. The number of carbonyl (C=O) groups is 1. The zero-order valence-electron chi connectivity index (χ0n) is 5.61. The minimum absolute atomic E-state index is 0.0179. The summed E-state index contributed by atoms with van der Waals surface area (Å²) in [6, 6.07) is 0. The van der Waals surface area contributed by atoms with Crippen LogP contribution in [0.5, 0.6) is 0 Å². The molecule has 0 saturated heterocycles. The van der Waals surface area contributed by atoms with E-state index >= 15 is 0 Å². The second-order valence-electron chi connectivity index (χ2n) is 2.51. The molecule has 0 radical (unpaired) electrons. The van der Waals surface area contributed by atoms with E-state index in [1.54, 1.807) is 0 Å². The summed E-state index contributed by atoms with van der Waals surface area (Å²) in [5, 5.41) is 0. The molecular formula is C8H10O. The Hall–Kier alpha value is -0.770. The maximum absolute atomic E-state index is 10.3. The Kier molecular flexibility index (Phi) is 1.89. The van der Waals surface area contributed by atoms with E-state index in [0.29, 0.717) is 0 Å². The van der Waals surface area contributed by atoms with E-state index in [1.165, 1.54) is 19.8 Å². The monoisotopic (exact) mass is 122 g/mol. The van der Waals surface area contributed by atoms with Crippen molar-refractivity contribution < 1.29 is 4.79 Å². The number of rotatable bonds is 1. The van der Waals surface area contributed by atoms with Crippen LogP contribution in [0.3, 0.4) is 0 Å². The Morgan fingerprint density at radius 3 is 2.78 bits per heavy atom. The SMILES string of the molecule is CC(=O)C#CCC1CC1. The van der Waals surface area contributed by atoms with Gasteiger partial charge < -0.3 is 0 Å². The highest BCUT2D eigenvalue weighted by molar-refractivity contribution is 5.93. The van der Waals surface area contributed by atoms with Crippen molar-refractivity contribution in [3.63, 3.8) is 0 Å². The Bertz CT molecular complexity index is 167. The quantitative estimate of drug-likeness (QED) is 0.379. The van der Waals surface area contributed by atoms with Crippen molar-refractivity contribution in [3.8, 4) is 11.8 Å². The number of carbonyl (C=O) groups excluding carboxylic acids is 1. The van der Waals surface area contributed by atoms with E-state index in [4.69, 9.17) is 0 Å². The van der Waals surface area contributed by atoms with E-state index in [9.17, 15) is 4.79 Å². The van der Waals surface area contributed by atoms with E-state index < -0.39 is 0 Å². The second-order valence-corrected chi connectivity index (χ2v) is 2.51. The molecule has 0 unspecified atom stereocenters. The van der Waals surface area contributed by atoms with Crippen LogP contribution in [0.15, 0.2) is 0 Å². The highest BCUT2D eigenvalue weighted by atomic mass is 16.1. The van der Waals surface area contributed by atoms with E-state index in [-0.39, 0.29) is 5.78 Å². The third-order valence-corrected chi connectivity index (χ3v) is 1.35. The summed E-state index contributed by atoms with van der Waals surface area (Å²) in [4.78, 5) is 10.3. The van der Waals surface area contributed by atoms with Crippen LogP contribution in [-0.4, -0.2) is 5.78 Å². The molecule has 1 nitrogen and oxygen atoms in total. The first kappa shape index (κ1) is 6.35. The molecule has 1 rings (SSSR count). The largest absolute Gasteiger partial charge is 0.285 e. The number of hydrogen-bond acceptors (Lipinski definition) is 1. The van der Waals surface area contributed by atoms with Gasteiger partial charge in [0.15, 0.2) is 0 Å². The average Bonchev–Trinajstić information content (AvgIpc) is 2.48. The molecule has 0 aromatic heterocycles. The molecule has 9 heavy (non-hydrogen) atoms. The summed E-state index contributed by atoms with van der Waals surface area (Å²) in [6.45, 7) is 1.50. The highest BCUT2D eigenvalue weighted by Crippen LogP contribution is 2.31. The summed E-state index contributed by atoms with van der Waals surface area (Å²) >= 11 is 0. The first-order chi connectivity index (χ1) is 4.29. The summed E-state index contributed by atoms with van der Waals surface area (Å²) in [5.41, 5.74) is 0. The lowest BCUT2D eigenvalue weighted by Crippen LogP contribution is -1.80. The standard InChI is InChI=1S/C8H10O/c1-7(9)3-2-4-8-5-6-8/h8H,4-6H2,1H3. The molecule has 1 heteroatoms. The van der Waals surface area contributed by atoms with Gasteiger partial charge in [-0.2, -0.15) is 0 Å². The van der Waals surface area contributed by atoms with Crippen molar-refractivity contribution in [2.75, 3.05) is 0 Å². The lowest BCUT2D eigenvalue weighted by Gasteiger charge is -1.77. The zero-order chi connectivity index (χ0) is 6.69. The molecule has 1 aliphatic carbocycles. The fourth-order valence-electron chi connectivity index (χ4n) is 0.642. The predicted octanol–water partition coefficient (Wildman–Crippen LogP) is 1.38. The fraction of sp³-hybridized carbons (Fsp3) is 0.625. The average molecular weight is 122 g/mol. The molecule has 0 N–H and O–H groups in total. The van der Waals surface area contributed by atoms with E-state index in [0.717, 1.165) is 12.3 Å². The van der Waals surface area contributed by atoms with Gasteiger partial charge in [0.1, 0.15) is 0 Å². The van der Waals surface area contributed by atoms with Gasteiger partial charge in [-0.1, -0.05) is 5.92 Å². The molecule has 0 spiro atoms. The van der Waals surface area contributed by atoms with Crippen LogP contribution in [0.2, 0.25) is 0 Å². The smallest absolute Gasteiger partial charge is 0.202 e. The van der Waals surface area contributed by atoms with Crippen LogP contribution in [-0.2, 0) is 4.79 Å². The number of hydrogen-bond donors (Lipinski definition) is 0. The first-order valence-electron chi connectivity index (χ1n) is 3.28. The predicted molar refractivity (Wildman–Crippen MR) is 35.8 cm³/mol. The van der Waals surface area contributed by atoms with Crippen molar-refractivity contribution in [2.45, 2.75) is 26.2 Å². The topological polar surface area (TPSA) is 17.1 Å². The van der Waals surface area contributed by atoms with Crippen molar-refractivity contribution in [1.82, 2.24) is 0 Å². The molecule has 0 atom stereocenters. The summed E-state index contributed by atoms with van der Waals surface area (Å²) in [7, 11) is 0. The van der Waals surface area contributed by atoms with Gasteiger partial charge in [-0.25, -0.2) is 0 Å². The number of ketones is 1. The van der Waals surface area contributed by atoms with Gasteiger partial charge in [-0.3, -0.25) is 4.79 Å². The minimum atomic E-state index is -0.0179. The fourth-order valence-corrected chi connectivity index (χ4v) is 0.642. The van der Waals surface area contributed by atoms with Crippen molar-refractivity contribution in [3.05, 3.63) is 0 Å². The molecule has 1 fully saturated rings. The lowest BCUT2D eigenvalue weighted by atomic mass is 10.3. The van der Waals surface area contributed by atoms with Gasteiger partial charge in [0.2, 0.25) is 5.78 Å². The van der Waals surface area contributed by atoms with Gasteiger partial charge in [-0.15, -0.1) is 0 Å². The Morgan fingerprint density at radius 1 is 1.67 bits per heavy atom. The van der Waals surface area contributed by atoms with Gasteiger partial charge in [0.25, 0.3) is 0 Å². The normalized spacial score (nSPS) is 16.1. The Morgan fingerprint density at radius 2 is 2.33 bits per heavy atom. The third kappa shape index (κ3) is 2.92. The number of Topliss-reactive ketones (excluding diaryl/α,β-unsaturated/α-hetero) is 1. The molecular weight excluding hydrogens is 112 g/mol. The molecule has 0 amide bonds. The van der Waals surface area contributed by atoms with Crippen molar-refractivity contribution >= 4 is 5.78 Å². The van der Waals surface area contributed by atoms with Crippen LogP contribution >= 0.6 is 0 Å². The Labute approximate surface area is 55.4 Å². The maximum atomic E-state index is 10.3. The van der Waals surface area contributed by atoms with Crippen LogP contribution in [0.1, 0.15) is 26.2 Å². The summed E-state index contributed by atoms with van der Waals surface area (Å²) in [5.74, 6) is 6.17. The van der Waals surface area contributed by atoms with Crippen LogP contribution in [0.25, 0.3) is 0 Å². The van der Waals surface area contributed by atoms with Gasteiger partial charge in [-0.05, 0) is 24.7 Å². The molecule has 0 aliphatic heterocycles. The molecule has 0 aromatic rings. The third-order valence-electron chi connectivity index (χ3n) is 1.35. The maximum Gasteiger partial charge on any atom is 0.202 e. The zero-order valence-corrected chi connectivity index (χ0v) is 5.61. The van der Waals surface area contributed by atoms with Crippen LogP contribution in [0, 0.1) is 17.8 Å². The van der Waals surface area contributed by atoms with E-state index in [1.807, 2.05) is 0 Å². The molecule has 0 bridgehead atoms. The molecule has 0 heterocycles. The first-order valence-corrected chi connectivity index (χ1v) is 3.28. The van der Waals surface area contributed by atoms with E-state index in [2.05, 4.69) is 11.8 Å². The van der Waals surface area contributed by atoms with Gasteiger partial charge >= 0.3 is 0 Å². The van der Waals surface area contributed by atoms with Gasteiger partial charge in [0.05, 0.1) is 0 Å². The van der Waals surface area contributed by atoms with Crippen molar-refractivity contribution in [2.24, 2.45) is 5.92 Å². The molecule has 0 aromatic carbocycles. The Balaban J connectivity index is 2.16. The molecule has 1 aliphatic rings. The van der Waals surface area contributed by atoms with Crippen LogP contribution in [0.4, 0.5) is 0 Å². The molecule has 48 valence electrons. The van der Waals surface area contributed by atoms with Gasteiger partial charge in [0, 0.05) is 13.3 Å². The minimum Gasteiger partial charge on any atom is -0.285 e. The second kappa shape index (κ2) is 2.68. The van der Waals surface area contributed by atoms with Crippen LogP contribution < -0.4 is 0 Å².